The molecule has 0 heterocycles. The van der Waals surface area contributed by atoms with Gasteiger partial charge in [-0.1, -0.05) is 206 Å². The van der Waals surface area contributed by atoms with Crippen LogP contribution < -0.4 is 10.2 Å². The number of hydrogen-bond donors (Lipinski definition) is 1. The molecule has 0 radical (unpaired) electrons. The van der Waals surface area contributed by atoms with Gasteiger partial charge in [-0.05, 0) is 49.6 Å². The molecule has 1 rings (SSSR count). The Morgan fingerprint density at radius 3 is 1.37 bits per heavy atom. The minimum Gasteiger partial charge on any atom is -0.491 e. The summed E-state index contributed by atoms with van der Waals surface area (Å²) in [6.45, 7) is 9.72. The van der Waals surface area contributed by atoms with E-state index in [1.807, 2.05) is 31.2 Å². The summed E-state index contributed by atoms with van der Waals surface area (Å²) in [7, 11) is 1.60. The number of carbonyl (C=O) groups excluding carboxylic acids is 1. The van der Waals surface area contributed by atoms with Crippen LogP contribution in [0.4, 0.5) is 0 Å². The molecule has 60 heavy (non-hydrogen) atoms. The van der Waals surface area contributed by atoms with Crippen LogP contribution in [0.1, 0.15) is 232 Å². The molecule has 0 aliphatic carbocycles. The largest absolute Gasteiger partial charge is 0.491 e. The van der Waals surface area contributed by atoms with Crippen molar-refractivity contribution in [1.29, 1.82) is 0 Å². The van der Waals surface area contributed by atoms with E-state index in [4.69, 9.17) is 23.7 Å². The van der Waals surface area contributed by atoms with Gasteiger partial charge in [-0.15, -0.1) is 0 Å². The van der Waals surface area contributed by atoms with Crippen LogP contribution in [0.25, 0.3) is 0 Å². The zero-order valence-corrected chi connectivity index (χ0v) is 39.9. The van der Waals surface area contributed by atoms with Gasteiger partial charge in [0.25, 0.3) is 5.91 Å². The van der Waals surface area contributed by atoms with E-state index >= 15 is 0 Å². The van der Waals surface area contributed by atoms with Crippen LogP contribution in [0, 0.1) is 0 Å². The Bertz CT molecular complexity index is 1070. The van der Waals surface area contributed by atoms with E-state index in [1.54, 1.807) is 7.11 Å². The highest BCUT2D eigenvalue weighted by Gasteiger charge is 2.12. The summed E-state index contributed by atoms with van der Waals surface area (Å²) in [6.07, 6.45) is 43.7. The molecule has 1 N–H and O–H groups in total. The van der Waals surface area contributed by atoms with Crippen LogP contribution in [-0.2, 0) is 23.7 Å². The van der Waals surface area contributed by atoms with Crippen LogP contribution in [0.3, 0.4) is 0 Å². The highest BCUT2D eigenvalue weighted by atomic mass is 16.6. The Balaban J connectivity index is 2.31. The number of benzene rings is 1. The zero-order valence-electron chi connectivity index (χ0n) is 39.9. The molecule has 0 aliphatic heterocycles. The molecule has 8 nitrogen and oxygen atoms in total. The van der Waals surface area contributed by atoms with Gasteiger partial charge in [0, 0.05) is 20.3 Å². The van der Waals surface area contributed by atoms with Gasteiger partial charge in [-0.2, -0.15) is 5.10 Å². The fraction of sp³-hybridized carbons (Fsp3) is 0.846. The maximum Gasteiger partial charge on any atom is 0.266 e. The molecule has 0 bridgehead atoms. The van der Waals surface area contributed by atoms with Gasteiger partial charge < -0.3 is 23.7 Å². The summed E-state index contributed by atoms with van der Waals surface area (Å²) in [4.78, 5) is 12.0. The maximum atomic E-state index is 12.0. The summed E-state index contributed by atoms with van der Waals surface area (Å²) in [5.41, 5.74) is 4.16. The van der Waals surface area contributed by atoms with Crippen molar-refractivity contribution in [1.82, 2.24) is 5.43 Å². The fourth-order valence-corrected chi connectivity index (χ4v) is 7.54. The molecule has 1 unspecified atom stereocenters. The van der Waals surface area contributed by atoms with Crippen molar-refractivity contribution in [2.24, 2.45) is 5.10 Å². The summed E-state index contributed by atoms with van der Waals surface area (Å²) in [5.74, 6) is 0.476. The molecule has 8 heteroatoms. The number of nitrogens with zero attached hydrogens (tertiary/aromatic N) is 1. The molecule has 0 fully saturated rings. The van der Waals surface area contributed by atoms with Crippen molar-refractivity contribution >= 4 is 11.6 Å². The summed E-state index contributed by atoms with van der Waals surface area (Å²) < 4.78 is 28.9. The van der Waals surface area contributed by atoms with E-state index in [-0.39, 0.29) is 18.6 Å². The normalized spacial score (nSPS) is 12.3. The third-order valence-corrected chi connectivity index (χ3v) is 11.5. The van der Waals surface area contributed by atoms with E-state index < -0.39 is 0 Å². The Kier molecular flexibility index (Phi) is 42.0. The van der Waals surface area contributed by atoms with Crippen LogP contribution >= 0.6 is 0 Å². The van der Waals surface area contributed by atoms with Crippen LogP contribution in [0.15, 0.2) is 29.4 Å². The topological polar surface area (TPSA) is 87.6 Å². The molecule has 0 saturated carbocycles. The Labute approximate surface area is 370 Å². The molecule has 0 saturated heterocycles. The van der Waals surface area contributed by atoms with Crippen LogP contribution in [0.5, 0.6) is 5.75 Å². The first-order valence-corrected chi connectivity index (χ1v) is 25.4. The van der Waals surface area contributed by atoms with Gasteiger partial charge in [0.2, 0.25) is 0 Å². The summed E-state index contributed by atoms with van der Waals surface area (Å²) in [5, 5.41) is 4.22. The molecule has 1 aromatic carbocycles. The number of ether oxygens (including phenoxy) is 5. The minimum atomic E-state index is -0.298. The number of hydrazone groups is 1. The van der Waals surface area contributed by atoms with Crippen LogP contribution in [-0.4, -0.2) is 71.1 Å². The average molecular weight is 845 g/mol. The smallest absolute Gasteiger partial charge is 0.266 e. The standard InChI is InChI=1S/C52H96N2O6/c1-5-7-9-11-13-15-17-19-21-23-25-27-29-31-33-35-41-57-45-51(59-42-36-34-32-30-28-26-24-22-20-18-16-14-12-10-8-6-2)46-60-50-39-37-49(38-40-50)48(3)53-54-52(55)47-58-44-43-56-4/h37-40,51H,5-36,41-47H2,1-4H3,(H,54,55)/b53-48+. The average Bonchev–Trinajstić information content (AvgIpc) is 3.26. The van der Waals surface area contributed by atoms with Crippen LogP contribution in [0.2, 0.25) is 0 Å². The summed E-state index contributed by atoms with van der Waals surface area (Å²) in [6, 6.07) is 7.78. The number of unbranched alkanes of at least 4 members (excludes halogenated alkanes) is 30. The van der Waals surface area contributed by atoms with Crippen molar-refractivity contribution in [3.63, 3.8) is 0 Å². The highest BCUT2D eigenvalue weighted by Crippen LogP contribution is 2.17. The predicted octanol–water partition coefficient (Wildman–Crippen LogP) is 14.5. The highest BCUT2D eigenvalue weighted by molar-refractivity contribution is 5.99. The van der Waals surface area contributed by atoms with Crippen molar-refractivity contribution < 1.29 is 28.5 Å². The van der Waals surface area contributed by atoms with E-state index in [9.17, 15) is 4.79 Å². The molecule has 1 atom stereocenters. The Morgan fingerprint density at radius 1 is 0.517 bits per heavy atom. The van der Waals surface area contributed by atoms with E-state index in [1.165, 1.54) is 193 Å². The second kappa shape index (κ2) is 45.0. The third-order valence-electron chi connectivity index (χ3n) is 11.5. The molecule has 1 aromatic rings. The molecule has 0 spiro atoms. The lowest BCUT2D eigenvalue weighted by molar-refractivity contribution is -0.126. The fourth-order valence-electron chi connectivity index (χ4n) is 7.54. The quantitative estimate of drug-likeness (QED) is 0.0399. The maximum absolute atomic E-state index is 12.0. The SMILES string of the molecule is CCCCCCCCCCCCCCCCCCOCC(COc1ccc(/C(C)=N/NC(=O)COCCOC)cc1)OCCCCCCCCCCCCCCCCCC. The van der Waals surface area contributed by atoms with Crippen molar-refractivity contribution in [2.45, 2.75) is 232 Å². The monoisotopic (exact) mass is 845 g/mol. The van der Waals surface area contributed by atoms with Gasteiger partial charge in [0.1, 0.15) is 25.1 Å². The summed E-state index contributed by atoms with van der Waals surface area (Å²) >= 11 is 0. The molecular formula is C52H96N2O6. The second-order valence-electron chi connectivity index (χ2n) is 17.3. The number of hydrogen-bond acceptors (Lipinski definition) is 7. The minimum absolute atomic E-state index is 0.0567. The number of methoxy groups -OCH3 is 1. The number of nitrogens with one attached hydrogen (secondary N) is 1. The van der Waals surface area contributed by atoms with Crippen molar-refractivity contribution in [2.75, 3.05) is 53.4 Å². The second-order valence-corrected chi connectivity index (χ2v) is 17.3. The third kappa shape index (κ3) is 37.7. The first-order valence-electron chi connectivity index (χ1n) is 25.4. The molecule has 0 aliphatic rings. The zero-order chi connectivity index (χ0) is 43.2. The predicted molar refractivity (Wildman–Crippen MR) is 255 cm³/mol. The van der Waals surface area contributed by atoms with Crippen molar-refractivity contribution in [3.8, 4) is 5.75 Å². The molecule has 0 aromatic heterocycles. The molecule has 350 valence electrons. The molecular weight excluding hydrogens is 749 g/mol. The van der Waals surface area contributed by atoms with E-state index in [0.717, 1.165) is 37.4 Å². The van der Waals surface area contributed by atoms with Gasteiger partial charge in [-0.3, -0.25) is 4.79 Å². The van der Waals surface area contributed by atoms with Gasteiger partial charge >= 0.3 is 0 Å². The number of amides is 1. The first-order chi connectivity index (χ1) is 29.6. The lowest BCUT2D eigenvalue weighted by Gasteiger charge is -2.19. The van der Waals surface area contributed by atoms with Gasteiger partial charge in [0.05, 0.1) is 25.5 Å². The lowest BCUT2D eigenvalue weighted by Crippen LogP contribution is -2.28. The molecule has 1 amide bonds. The van der Waals surface area contributed by atoms with E-state index in [0.29, 0.717) is 32.1 Å². The number of rotatable bonds is 47. The first kappa shape index (κ1) is 56.0. The Morgan fingerprint density at radius 2 is 0.933 bits per heavy atom. The van der Waals surface area contributed by atoms with Gasteiger partial charge in [0.15, 0.2) is 0 Å². The Hall–Kier alpha value is -2.00. The van der Waals surface area contributed by atoms with Gasteiger partial charge in [-0.25, -0.2) is 5.43 Å². The lowest BCUT2D eigenvalue weighted by atomic mass is 10.0. The number of carbonyl (C=O) groups is 1. The van der Waals surface area contributed by atoms with Crippen molar-refractivity contribution in [3.05, 3.63) is 29.8 Å². The van der Waals surface area contributed by atoms with E-state index in [2.05, 4.69) is 24.4 Å².